The summed E-state index contributed by atoms with van der Waals surface area (Å²) in [6, 6.07) is 7.67. The number of carbonyl (C=O) groups is 2. The molecular formula is C15H19BrN2O2. The third kappa shape index (κ3) is 3.60. The van der Waals surface area contributed by atoms with Crippen molar-refractivity contribution in [3.63, 3.8) is 0 Å². The van der Waals surface area contributed by atoms with E-state index in [4.69, 9.17) is 0 Å². The molecule has 1 N–H and O–H groups in total. The Morgan fingerprint density at radius 2 is 1.95 bits per heavy atom. The summed E-state index contributed by atoms with van der Waals surface area (Å²) in [5.74, 6) is 0.137. The van der Waals surface area contributed by atoms with Crippen molar-refractivity contribution in [1.82, 2.24) is 10.2 Å². The van der Waals surface area contributed by atoms with Crippen LogP contribution in [0, 0.1) is 0 Å². The highest BCUT2D eigenvalue weighted by Gasteiger charge is 2.25. The number of nitrogens with zero attached hydrogens (tertiary/aromatic N) is 1. The molecule has 0 aromatic heterocycles. The maximum absolute atomic E-state index is 12.4. The predicted octanol–water partition coefficient (Wildman–Crippen LogP) is 2.58. The van der Waals surface area contributed by atoms with Crippen LogP contribution in [0.2, 0.25) is 0 Å². The van der Waals surface area contributed by atoms with Gasteiger partial charge in [-0.25, -0.2) is 0 Å². The van der Waals surface area contributed by atoms with E-state index in [1.54, 1.807) is 0 Å². The Hall–Kier alpha value is -1.36. The summed E-state index contributed by atoms with van der Waals surface area (Å²) in [5.41, 5.74) is 0.698. The van der Waals surface area contributed by atoms with E-state index in [2.05, 4.69) is 21.2 Å². The van der Waals surface area contributed by atoms with Crippen molar-refractivity contribution in [1.29, 1.82) is 0 Å². The zero-order valence-corrected chi connectivity index (χ0v) is 13.1. The zero-order valence-electron chi connectivity index (χ0n) is 11.6. The van der Waals surface area contributed by atoms with Gasteiger partial charge >= 0.3 is 0 Å². The summed E-state index contributed by atoms with van der Waals surface area (Å²) in [5, 5.41) is 2.99. The first-order valence-corrected chi connectivity index (χ1v) is 7.74. The van der Waals surface area contributed by atoms with Crippen molar-refractivity contribution < 1.29 is 9.59 Å². The lowest BCUT2D eigenvalue weighted by molar-refractivity contribution is -0.121. The van der Waals surface area contributed by atoms with Crippen LogP contribution in [0.1, 0.15) is 36.5 Å². The van der Waals surface area contributed by atoms with Gasteiger partial charge in [0, 0.05) is 30.0 Å². The minimum atomic E-state index is 0.0535. The van der Waals surface area contributed by atoms with Gasteiger partial charge in [-0.2, -0.15) is 0 Å². The lowest BCUT2D eigenvalue weighted by Gasteiger charge is -2.32. The summed E-state index contributed by atoms with van der Waals surface area (Å²) in [6.07, 6.45) is 2.15. The molecule has 1 aliphatic heterocycles. The molecule has 1 aliphatic rings. The summed E-state index contributed by atoms with van der Waals surface area (Å²) >= 11 is 3.41. The molecule has 4 nitrogen and oxygen atoms in total. The molecule has 5 heteroatoms. The third-order valence-electron chi connectivity index (χ3n) is 3.57. The molecule has 1 heterocycles. The van der Waals surface area contributed by atoms with E-state index in [1.807, 2.05) is 36.1 Å². The highest BCUT2D eigenvalue weighted by Crippen LogP contribution is 2.20. The molecule has 1 aromatic rings. The largest absolute Gasteiger partial charge is 0.353 e. The Kier molecular flexibility index (Phi) is 5.17. The second-order valence-corrected chi connectivity index (χ2v) is 5.82. The summed E-state index contributed by atoms with van der Waals surface area (Å²) in [6.45, 7) is 3.23. The van der Waals surface area contributed by atoms with E-state index < -0.39 is 0 Å². The van der Waals surface area contributed by atoms with E-state index >= 15 is 0 Å². The van der Waals surface area contributed by atoms with E-state index in [1.165, 1.54) is 0 Å². The molecule has 108 valence electrons. The fourth-order valence-electron chi connectivity index (χ4n) is 2.36. The number of halogens is 1. The fourth-order valence-corrected chi connectivity index (χ4v) is 2.82. The first-order chi connectivity index (χ1) is 9.61. The van der Waals surface area contributed by atoms with E-state index in [-0.39, 0.29) is 17.9 Å². The van der Waals surface area contributed by atoms with Crippen molar-refractivity contribution in [2.24, 2.45) is 0 Å². The maximum atomic E-state index is 12.4. The third-order valence-corrected chi connectivity index (χ3v) is 4.26. The van der Waals surface area contributed by atoms with Crippen LogP contribution in [0.15, 0.2) is 28.7 Å². The average Bonchev–Trinajstić information content (AvgIpc) is 2.47. The number of carbonyl (C=O) groups excluding carboxylic acids is 2. The number of hydrogen-bond donors (Lipinski definition) is 1. The molecule has 1 fully saturated rings. The SMILES string of the molecule is CCC(=O)NC1CCN(C(=O)c2ccccc2Br)CC1. The number of benzene rings is 1. The molecule has 0 radical (unpaired) electrons. The molecule has 0 bridgehead atoms. The summed E-state index contributed by atoms with van der Waals surface area (Å²) < 4.78 is 0.825. The Balaban J connectivity index is 1.92. The lowest BCUT2D eigenvalue weighted by Crippen LogP contribution is -2.46. The van der Waals surface area contributed by atoms with Crippen LogP contribution >= 0.6 is 15.9 Å². The highest BCUT2D eigenvalue weighted by atomic mass is 79.9. The van der Waals surface area contributed by atoms with Crippen molar-refractivity contribution in [3.8, 4) is 0 Å². The molecule has 0 atom stereocenters. The van der Waals surface area contributed by atoms with Crippen LogP contribution in [-0.4, -0.2) is 35.8 Å². The minimum Gasteiger partial charge on any atom is -0.353 e. The van der Waals surface area contributed by atoms with Gasteiger partial charge in [-0.05, 0) is 40.9 Å². The van der Waals surface area contributed by atoms with Gasteiger partial charge in [0.25, 0.3) is 5.91 Å². The molecule has 0 spiro atoms. The number of piperidine rings is 1. The van der Waals surface area contributed by atoms with Gasteiger partial charge in [-0.15, -0.1) is 0 Å². The van der Waals surface area contributed by atoms with Gasteiger partial charge in [-0.1, -0.05) is 19.1 Å². The van der Waals surface area contributed by atoms with Gasteiger partial charge in [0.1, 0.15) is 0 Å². The predicted molar refractivity (Wildman–Crippen MR) is 81.5 cm³/mol. The molecule has 1 aromatic carbocycles. The smallest absolute Gasteiger partial charge is 0.254 e. The Morgan fingerprint density at radius 1 is 1.30 bits per heavy atom. The quantitative estimate of drug-likeness (QED) is 0.920. The number of nitrogens with one attached hydrogen (secondary N) is 1. The second kappa shape index (κ2) is 6.88. The van der Waals surface area contributed by atoms with Crippen LogP contribution in [0.3, 0.4) is 0 Å². The number of likely N-dealkylation sites (tertiary alicyclic amines) is 1. The van der Waals surface area contributed by atoms with E-state index in [0.29, 0.717) is 25.1 Å². The fraction of sp³-hybridized carbons (Fsp3) is 0.467. The summed E-state index contributed by atoms with van der Waals surface area (Å²) in [7, 11) is 0. The van der Waals surface area contributed by atoms with Gasteiger partial charge in [0.2, 0.25) is 5.91 Å². The molecule has 0 saturated carbocycles. The van der Waals surface area contributed by atoms with Gasteiger partial charge in [0.15, 0.2) is 0 Å². The monoisotopic (exact) mass is 338 g/mol. The number of hydrogen-bond acceptors (Lipinski definition) is 2. The molecule has 0 unspecified atom stereocenters. The van der Waals surface area contributed by atoms with E-state index in [9.17, 15) is 9.59 Å². The van der Waals surface area contributed by atoms with Crippen LogP contribution in [0.5, 0.6) is 0 Å². The van der Waals surface area contributed by atoms with Crippen molar-refractivity contribution in [2.45, 2.75) is 32.2 Å². The highest BCUT2D eigenvalue weighted by molar-refractivity contribution is 9.10. The summed E-state index contributed by atoms with van der Waals surface area (Å²) in [4.78, 5) is 25.6. The van der Waals surface area contributed by atoms with Gasteiger partial charge in [0.05, 0.1) is 5.56 Å². The molecular weight excluding hydrogens is 320 g/mol. The van der Waals surface area contributed by atoms with Crippen molar-refractivity contribution in [3.05, 3.63) is 34.3 Å². The van der Waals surface area contributed by atoms with Crippen LogP contribution in [0.4, 0.5) is 0 Å². The molecule has 0 aliphatic carbocycles. The zero-order chi connectivity index (χ0) is 14.5. The first kappa shape index (κ1) is 15.0. The van der Waals surface area contributed by atoms with Crippen LogP contribution in [-0.2, 0) is 4.79 Å². The second-order valence-electron chi connectivity index (χ2n) is 4.97. The van der Waals surface area contributed by atoms with Crippen molar-refractivity contribution in [2.75, 3.05) is 13.1 Å². The molecule has 2 rings (SSSR count). The molecule has 20 heavy (non-hydrogen) atoms. The standard InChI is InChI=1S/C15H19BrN2O2/c1-2-14(19)17-11-7-9-18(10-8-11)15(20)12-5-3-4-6-13(12)16/h3-6,11H,2,7-10H2,1H3,(H,17,19). The van der Waals surface area contributed by atoms with Crippen LogP contribution in [0.25, 0.3) is 0 Å². The maximum Gasteiger partial charge on any atom is 0.254 e. The molecule has 2 amide bonds. The normalized spacial score (nSPS) is 16.0. The Bertz CT molecular complexity index is 496. The van der Waals surface area contributed by atoms with Gasteiger partial charge < -0.3 is 10.2 Å². The Morgan fingerprint density at radius 3 is 2.55 bits per heavy atom. The van der Waals surface area contributed by atoms with Crippen molar-refractivity contribution >= 4 is 27.7 Å². The molecule has 1 saturated heterocycles. The topological polar surface area (TPSA) is 49.4 Å². The first-order valence-electron chi connectivity index (χ1n) is 6.95. The number of rotatable bonds is 3. The average molecular weight is 339 g/mol. The lowest BCUT2D eigenvalue weighted by atomic mass is 10.0. The van der Waals surface area contributed by atoms with Crippen LogP contribution < -0.4 is 5.32 Å². The Labute approximate surface area is 127 Å². The minimum absolute atomic E-state index is 0.0535. The van der Waals surface area contributed by atoms with Gasteiger partial charge in [-0.3, -0.25) is 9.59 Å². The van der Waals surface area contributed by atoms with E-state index in [0.717, 1.165) is 17.3 Å². The number of amides is 2.